The number of rotatable bonds is 7. The van der Waals surface area contributed by atoms with Gasteiger partial charge in [0.25, 0.3) is 0 Å². The molecule has 0 spiro atoms. The maximum atomic E-state index is 10.3. The smallest absolute Gasteiger partial charge is 0.117 e. The highest BCUT2D eigenvalue weighted by atomic mass is 16.3. The van der Waals surface area contributed by atoms with Crippen molar-refractivity contribution in [1.82, 2.24) is 10.2 Å². The predicted octanol–water partition coefficient (Wildman–Crippen LogP) is 2.81. The standard InChI is InChI=1S/C19H26N2O2/c22-19(17-5-2-1-3-6-17)15-21-10-8-16(9-11-21)13-20-14-18-7-4-12-23-18/h1-7,12,16,19-20,22H,8-11,13-15H2/t19-/m1/s1. The van der Waals surface area contributed by atoms with Crippen LogP contribution in [0.15, 0.2) is 53.1 Å². The Morgan fingerprint density at radius 3 is 2.61 bits per heavy atom. The molecule has 0 unspecified atom stereocenters. The zero-order valence-electron chi connectivity index (χ0n) is 13.5. The van der Waals surface area contributed by atoms with Crippen LogP contribution in [0.2, 0.25) is 0 Å². The van der Waals surface area contributed by atoms with E-state index in [0.717, 1.165) is 50.0 Å². The number of hydrogen-bond donors (Lipinski definition) is 2. The first-order valence-electron chi connectivity index (χ1n) is 8.50. The second kappa shape index (κ2) is 8.29. The molecule has 124 valence electrons. The van der Waals surface area contributed by atoms with Gasteiger partial charge in [-0.05, 0) is 56.1 Å². The van der Waals surface area contributed by atoms with Crippen LogP contribution in [-0.2, 0) is 6.54 Å². The van der Waals surface area contributed by atoms with E-state index in [4.69, 9.17) is 4.42 Å². The molecule has 0 aliphatic carbocycles. The quantitative estimate of drug-likeness (QED) is 0.825. The van der Waals surface area contributed by atoms with Crippen molar-refractivity contribution in [2.45, 2.75) is 25.5 Å². The summed E-state index contributed by atoms with van der Waals surface area (Å²) >= 11 is 0. The van der Waals surface area contributed by atoms with E-state index in [0.29, 0.717) is 0 Å². The Morgan fingerprint density at radius 2 is 1.91 bits per heavy atom. The molecule has 1 atom stereocenters. The topological polar surface area (TPSA) is 48.6 Å². The van der Waals surface area contributed by atoms with E-state index in [1.165, 1.54) is 12.8 Å². The molecule has 23 heavy (non-hydrogen) atoms. The molecule has 4 nitrogen and oxygen atoms in total. The summed E-state index contributed by atoms with van der Waals surface area (Å²) in [6.07, 6.45) is 3.71. The van der Waals surface area contributed by atoms with E-state index in [9.17, 15) is 5.11 Å². The molecule has 0 radical (unpaired) electrons. The van der Waals surface area contributed by atoms with Crippen molar-refractivity contribution in [3.63, 3.8) is 0 Å². The Hall–Kier alpha value is -1.62. The maximum absolute atomic E-state index is 10.3. The number of benzene rings is 1. The monoisotopic (exact) mass is 314 g/mol. The SMILES string of the molecule is O[C@H](CN1CCC(CNCc2ccco2)CC1)c1ccccc1. The molecule has 0 saturated carbocycles. The molecular formula is C19H26N2O2. The van der Waals surface area contributed by atoms with Crippen LogP contribution < -0.4 is 5.32 Å². The Kier molecular flexibility index (Phi) is 5.86. The van der Waals surface area contributed by atoms with Crippen LogP contribution in [0.1, 0.15) is 30.3 Å². The van der Waals surface area contributed by atoms with Crippen LogP contribution in [0.3, 0.4) is 0 Å². The van der Waals surface area contributed by atoms with Gasteiger partial charge in [-0.3, -0.25) is 0 Å². The van der Waals surface area contributed by atoms with Crippen LogP contribution >= 0.6 is 0 Å². The normalized spacial score (nSPS) is 18.1. The number of furan rings is 1. The lowest BCUT2D eigenvalue weighted by molar-refractivity contribution is 0.0890. The number of hydrogen-bond acceptors (Lipinski definition) is 4. The van der Waals surface area contributed by atoms with Crippen molar-refractivity contribution in [1.29, 1.82) is 0 Å². The Morgan fingerprint density at radius 1 is 1.13 bits per heavy atom. The number of piperidine rings is 1. The van der Waals surface area contributed by atoms with Crippen LogP contribution in [0.4, 0.5) is 0 Å². The molecule has 1 aliphatic heterocycles. The molecule has 3 rings (SSSR count). The van der Waals surface area contributed by atoms with Gasteiger partial charge in [-0.1, -0.05) is 30.3 Å². The molecule has 1 aliphatic rings. The van der Waals surface area contributed by atoms with Crippen LogP contribution in [0.25, 0.3) is 0 Å². The van der Waals surface area contributed by atoms with Crippen molar-refractivity contribution in [2.24, 2.45) is 5.92 Å². The van der Waals surface area contributed by atoms with E-state index in [-0.39, 0.29) is 6.10 Å². The molecule has 2 aromatic rings. The van der Waals surface area contributed by atoms with E-state index in [1.807, 2.05) is 42.5 Å². The zero-order valence-corrected chi connectivity index (χ0v) is 13.5. The summed E-state index contributed by atoms with van der Waals surface area (Å²) < 4.78 is 5.33. The minimum Gasteiger partial charge on any atom is -0.468 e. The largest absolute Gasteiger partial charge is 0.468 e. The fourth-order valence-corrected chi connectivity index (χ4v) is 3.21. The van der Waals surface area contributed by atoms with Gasteiger partial charge in [0.15, 0.2) is 0 Å². The second-order valence-electron chi connectivity index (χ2n) is 6.38. The van der Waals surface area contributed by atoms with Crippen LogP contribution in [0, 0.1) is 5.92 Å². The lowest BCUT2D eigenvalue weighted by Crippen LogP contribution is -2.39. The minimum atomic E-state index is -0.384. The third-order valence-corrected chi connectivity index (χ3v) is 4.63. The lowest BCUT2D eigenvalue weighted by atomic mass is 9.96. The van der Waals surface area contributed by atoms with E-state index in [2.05, 4.69) is 10.2 Å². The third-order valence-electron chi connectivity index (χ3n) is 4.63. The van der Waals surface area contributed by atoms with Gasteiger partial charge in [0, 0.05) is 6.54 Å². The van der Waals surface area contributed by atoms with E-state index in [1.54, 1.807) is 6.26 Å². The number of β-amino-alcohol motifs (C(OH)–C–C–N with tert-alkyl or cyclic N) is 1. The van der Waals surface area contributed by atoms with Gasteiger partial charge >= 0.3 is 0 Å². The summed E-state index contributed by atoms with van der Waals surface area (Å²) in [4.78, 5) is 2.38. The summed E-state index contributed by atoms with van der Waals surface area (Å²) in [5, 5.41) is 13.8. The molecule has 4 heteroatoms. The molecule has 1 saturated heterocycles. The first kappa shape index (κ1) is 16.2. The Labute approximate surface area is 138 Å². The summed E-state index contributed by atoms with van der Waals surface area (Å²) in [7, 11) is 0. The van der Waals surface area contributed by atoms with Gasteiger partial charge in [-0.15, -0.1) is 0 Å². The van der Waals surface area contributed by atoms with Gasteiger partial charge in [0.1, 0.15) is 5.76 Å². The van der Waals surface area contributed by atoms with Gasteiger partial charge < -0.3 is 19.7 Å². The highest BCUT2D eigenvalue weighted by Gasteiger charge is 2.21. The molecule has 1 fully saturated rings. The number of likely N-dealkylation sites (tertiary alicyclic amines) is 1. The summed E-state index contributed by atoms with van der Waals surface area (Å²) in [5.74, 6) is 1.71. The first-order valence-corrected chi connectivity index (χ1v) is 8.50. The van der Waals surface area contributed by atoms with E-state index >= 15 is 0 Å². The number of nitrogens with one attached hydrogen (secondary N) is 1. The minimum absolute atomic E-state index is 0.384. The zero-order chi connectivity index (χ0) is 15.9. The van der Waals surface area contributed by atoms with Crippen LogP contribution in [-0.4, -0.2) is 36.2 Å². The molecule has 1 aromatic heterocycles. The average molecular weight is 314 g/mol. The van der Waals surface area contributed by atoms with Crippen molar-refractivity contribution in [3.8, 4) is 0 Å². The summed E-state index contributed by atoms with van der Waals surface area (Å²) in [6, 6.07) is 13.9. The average Bonchev–Trinajstić information content (AvgIpc) is 3.11. The van der Waals surface area contributed by atoms with E-state index < -0.39 is 0 Å². The third kappa shape index (κ3) is 4.93. The van der Waals surface area contributed by atoms with Gasteiger partial charge in [0.2, 0.25) is 0 Å². The predicted molar refractivity (Wildman–Crippen MR) is 91.0 cm³/mol. The van der Waals surface area contributed by atoms with Crippen LogP contribution in [0.5, 0.6) is 0 Å². The van der Waals surface area contributed by atoms with Crippen molar-refractivity contribution >= 4 is 0 Å². The number of nitrogens with zero attached hydrogens (tertiary/aromatic N) is 1. The van der Waals surface area contributed by atoms with Gasteiger partial charge in [-0.25, -0.2) is 0 Å². The summed E-state index contributed by atoms with van der Waals surface area (Å²) in [5.41, 5.74) is 1.01. The molecule has 2 heterocycles. The van der Waals surface area contributed by atoms with Crippen molar-refractivity contribution in [2.75, 3.05) is 26.2 Å². The Balaban J connectivity index is 1.35. The number of aliphatic hydroxyl groups excluding tert-OH is 1. The molecular weight excluding hydrogens is 288 g/mol. The number of aliphatic hydroxyl groups is 1. The highest BCUT2D eigenvalue weighted by molar-refractivity contribution is 5.17. The fourth-order valence-electron chi connectivity index (χ4n) is 3.21. The molecule has 0 bridgehead atoms. The molecule has 2 N–H and O–H groups in total. The Bertz CT molecular complexity index is 548. The second-order valence-corrected chi connectivity index (χ2v) is 6.38. The summed E-state index contributed by atoms with van der Waals surface area (Å²) in [6.45, 7) is 4.71. The first-order chi connectivity index (χ1) is 11.3. The fraction of sp³-hybridized carbons (Fsp3) is 0.474. The molecule has 0 amide bonds. The maximum Gasteiger partial charge on any atom is 0.117 e. The van der Waals surface area contributed by atoms with Gasteiger partial charge in [-0.2, -0.15) is 0 Å². The lowest BCUT2D eigenvalue weighted by Gasteiger charge is -2.33. The molecule has 1 aromatic carbocycles. The van der Waals surface area contributed by atoms with Crippen molar-refractivity contribution < 1.29 is 9.52 Å². The van der Waals surface area contributed by atoms with Crippen molar-refractivity contribution in [3.05, 3.63) is 60.1 Å². The van der Waals surface area contributed by atoms with Gasteiger partial charge in [0.05, 0.1) is 18.9 Å². The highest BCUT2D eigenvalue weighted by Crippen LogP contribution is 2.20.